The van der Waals surface area contributed by atoms with Crippen LogP contribution in [-0.2, 0) is 10.1 Å². The molecule has 0 radical (unpaired) electrons. The summed E-state index contributed by atoms with van der Waals surface area (Å²) < 4.78 is 30.0. The van der Waals surface area contributed by atoms with Gasteiger partial charge in [-0.15, -0.1) is 0 Å². The topological polar surface area (TPSA) is 66.4 Å². The third-order valence-corrected chi connectivity index (χ3v) is 5.41. The van der Waals surface area contributed by atoms with Crippen LogP contribution < -0.4 is 5.32 Å². The van der Waals surface area contributed by atoms with E-state index in [9.17, 15) is 8.42 Å². The first-order valence-corrected chi connectivity index (χ1v) is 8.75. The largest absolute Gasteiger partial charge is 0.313 e. The minimum Gasteiger partial charge on any atom is -0.313 e. The van der Waals surface area contributed by atoms with Gasteiger partial charge in [0.15, 0.2) is 0 Å². The highest BCUT2D eigenvalue weighted by atomic mass is 32.2. The van der Waals surface area contributed by atoms with E-state index in [0.717, 1.165) is 11.8 Å². The van der Waals surface area contributed by atoms with E-state index in [1.807, 2.05) is 0 Å². The fraction of sp³-hybridized carbons (Fsp3) is 1.00. The van der Waals surface area contributed by atoms with E-state index in [-0.39, 0.29) is 5.75 Å². The highest BCUT2D eigenvalue weighted by Gasteiger charge is 2.37. The van der Waals surface area contributed by atoms with Crippen molar-refractivity contribution in [1.82, 2.24) is 5.32 Å². The monoisotopic (exact) mass is 275 g/mol. The Balaban J connectivity index is 1.77. The lowest BCUT2D eigenvalue weighted by molar-refractivity contribution is 0.0975. The predicted octanol–water partition coefficient (Wildman–Crippen LogP) is 2.07. The molecule has 106 valence electrons. The smallest absolute Gasteiger partial charge is 0.264 e. The summed E-state index contributed by atoms with van der Waals surface area (Å²) in [5, 5.41) is 3.52. The van der Waals surface area contributed by atoms with Crippen LogP contribution in [0, 0.1) is 17.8 Å². The molecule has 4 unspecified atom stereocenters. The first-order valence-electron chi connectivity index (χ1n) is 7.14. The van der Waals surface area contributed by atoms with E-state index in [0.29, 0.717) is 24.9 Å². The van der Waals surface area contributed by atoms with Crippen LogP contribution in [0.25, 0.3) is 0 Å². The Morgan fingerprint density at radius 2 is 2.06 bits per heavy atom. The maximum absolute atomic E-state index is 10.6. The summed E-state index contributed by atoms with van der Waals surface area (Å²) in [4.78, 5) is 0. The summed E-state index contributed by atoms with van der Waals surface area (Å²) in [6.45, 7) is 3.00. The van der Waals surface area contributed by atoms with Crippen LogP contribution in [0.1, 0.15) is 45.4 Å². The van der Waals surface area contributed by atoms with E-state index in [4.69, 9.17) is 4.55 Å². The average molecular weight is 275 g/mol. The summed E-state index contributed by atoms with van der Waals surface area (Å²) in [6.07, 6.45) is 7.23. The van der Waals surface area contributed by atoms with Crippen molar-refractivity contribution in [3.05, 3.63) is 0 Å². The summed E-state index contributed by atoms with van der Waals surface area (Å²) >= 11 is 0. The lowest BCUT2D eigenvalue weighted by Crippen LogP contribution is -2.48. The predicted molar refractivity (Wildman–Crippen MR) is 72.1 cm³/mol. The second kappa shape index (κ2) is 5.88. The zero-order valence-corrected chi connectivity index (χ0v) is 12.0. The Hall–Kier alpha value is -0.130. The molecule has 2 fully saturated rings. The third kappa shape index (κ3) is 3.93. The fourth-order valence-corrected chi connectivity index (χ4v) is 4.41. The molecule has 4 atom stereocenters. The van der Waals surface area contributed by atoms with Gasteiger partial charge in [-0.1, -0.05) is 19.8 Å². The van der Waals surface area contributed by atoms with Gasteiger partial charge in [0.05, 0.1) is 5.75 Å². The number of fused-ring (bicyclic) bond motifs is 2. The van der Waals surface area contributed by atoms with Gasteiger partial charge in [-0.3, -0.25) is 4.55 Å². The number of rotatable bonds is 5. The van der Waals surface area contributed by atoms with E-state index < -0.39 is 10.1 Å². The minimum atomic E-state index is -3.80. The molecular formula is C13H25NO3S. The van der Waals surface area contributed by atoms with Crippen molar-refractivity contribution in [3.63, 3.8) is 0 Å². The quantitative estimate of drug-likeness (QED) is 0.595. The van der Waals surface area contributed by atoms with Crippen molar-refractivity contribution in [3.8, 4) is 0 Å². The van der Waals surface area contributed by atoms with Gasteiger partial charge < -0.3 is 5.32 Å². The minimum absolute atomic E-state index is 0.131. The molecule has 2 rings (SSSR count). The van der Waals surface area contributed by atoms with Crippen molar-refractivity contribution in [2.45, 2.75) is 51.5 Å². The molecule has 2 aliphatic rings. The molecular weight excluding hydrogens is 250 g/mol. The Bertz CT molecular complexity index is 366. The van der Waals surface area contributed by atoms with Crippen molar-refractivity contribution < 1.29 is 13.0 Å². The Morgan fingerprint density at radius 3 is 2.78 bits per heavy atom. The molecule has 0 aromatic carbocycles. The highest BCUT2D eigenvalue weighted by Crippen LogP contribution is 2.42. The molecule has 0 aromatic heterocycles. The molecule has 5 heteroatoms. The van der Waals surface area contributed by atoms with Crippen LogP contribution in [-0.4, -0.2) is 31.3 Å². The van der Waals surface area contributed by atoms with Gasteiger partial charge in [0, 0.05) is 6.04 Å². The molecule has 0 aromatic rings. The molecule has 2 saturated carbocycles. The maximum atomic E-state index is 10.6. The van der Waals surface area contributed by atoms with Crippen LogP contribution in [0.15, 0.2) is 0 Å². The molecule has 2 aliphatic carbocycles. The van der Waals surface area contributed by atoms with Crippen LogP contribution >= 0.6 is 0 Å². The van der Waals surface area contributed by atoms with E-state index in [2.05, 4.69) is 12.2 Å². The summed E-state index contributed by atoms with van der Waals surface area (Å²) in [7, 11) is -3.80. The van der Waals surface area contributed by atoms with E-state index in [1.165, 1.54) is 32.1 Å². The van der Waals surface area contributed by atoms with E-state index >= 15 is 0 Å². The van der Waals surface area contributed by atoms with Gasteiger partial charge in [0.2, 0.25) is 0 Å². The third-order valence-electron chi connectivity index (χ3n) is 4.61. The second-order valence-corrected chi connectivity index (χ2v) is 7.70. The van der Waals surface area contributed by atoms with Gasteiger partial charge in [-0.2, -0.15) is 8.42 Å². The van der Waals surface area contributed by atoms with Crippen LogP contribution in [0.4, 0.5) is 0 Å². The molecule has 2 bridgehead atoms. The zero-order valence-electron chi connectivity index (χ0n) is 11.1. The fourth-order valence-electron chi connectivity index (χ4n) is 3.90. The Morgan fingerprint density at radius 1 is 1.28 bits per heavy atom. The number of hydrogen-bond donors (Lipinski definition) is 2. The highest BCUT2D eigenvalue weighted by molar-refractivity contribution is 7.85. The Labute approximate surface area is 110 Å². The van der Waals surface area contributed by atoms with Crippen molar-refractivity contribution >= 4 is 10.1 Å². The normalized spacial score (nSPS) is 36.6. The lowest BCUT2D eigenvalue weighted by Gasteiger charge is -2.44. The average Bonchev–Trinajstić information content (AvgIpc) is 2.26. The molecule has 0 aliphatic heterocycles. The van der Waals surface area contributed by atoms with Crippen molar-refractivity contribution in [2.75, 3.05) is 12.3 Å². The van der Waals surface area contributed by atoms with Gasteiger partial charge in [0.25, 0.3) is 10.1 Å². The first kappa shape index (κ1) is 14.3. The number of hydrogen-bond acceptors (Lipinski definition) is 3. The molecule has 0 heterocycles. The lowest BCUT2D eigenvalue weighted by atomic mass is 9.66. The summed E-state index contributed by atoms with van der Waals surface area (Å²) in [6, 6.07) is 0.544. The van der Waals surface area contributed by atoms with Crippen molar-refractivity contribution in [2.24, 2.45) is 17.8 Å². The maximum Gasteiger partial charge on any atom is 0.264 e. The Kier molecular flexibility index (Phi) is 4.67. The van der Waals surface area contributed by atoms with Gasteiger partial charge in [-0.05, 0) is 50.0 Å². The molecule has 0 spiro atoms. The van der Waals surface area contributed by atoms with Gasteiger partial charge in [0.1, 0.15) is 0 Å². The van der Waals surface area contributed by atoms with Gasteiger partial charge >= 0.3 is 0 Å². The molecule has 2 N–H and O–H groups in total. The number of nitrogens with one attached hydrogen (secondary N) is 1. The molecule has 4 nitrogen and oxygen atoms in total. The first-order chi connectivity index (χ1) is 8.46. The van der Waals surface area contributed by atoms with Crippen LogP contribution in [0.5, 0.6) is 0 Å². The zero-order chi connectivity index (χ0) is 13.2. The van der Waals surface area contributed by atoms with Crippen LogP contribution in [0.3, 0.4) is 0 Å². The van der Waals surface area contributed by atoms with Crippen LogP contribution in [0.2, 0.25) is 0 Å². The molecule has 0 amide bonds. The second-order valence-electron chi connectivity index (χ2n) is 6.13. The standard InChI is InChI=1S/C13H25NO3S/c1-10-8-11-4-2-5-12(9-11)13(10)14-6-3-7-18(15,16)17/h10-14H,2-9H2,1H3,(H,15,16,17). The molecule has 18 heavy (non-hydrogen) atoms. The van der Waals surface area contributed by atoms with Crippen molar-refractivity contribution in [1.29, 1.82) is 0 Å². The molecule has 0 saturated heterocycles. The summed E-state index contributed by atoms with van der Waals surface area (Å²) in [5.41, 5.74) is 0. The SMILES string of the molecule is CC1CC2CCCC(C2)C1NCCCS(=O)(=O)O. The summed E-state index contributed by atoms with van der Waals surface area (Å²) in [5.74, 6) is 2.27. The van der Waals surface area contributed by atoms with Gasteiger partial charge in [-0.25, -0.2) is 0 Å². The van der Waals surface area contributed by atoms with E-state index in [1.54, 1.807) is 0 Å².